The quantitative estimate of drug-likeness (QED) is 0.402. The molecular weight excluding hydrogens is 336 g/mol. The van der Waals surface area contributed by atoms with Gasteiger partial charge in [-0.25, -0.2) is 4.98 Å². The maximum absolute atomic E-state index is 4.81. The predicted octanol–water partition coefficient (Wildman–Crippen LogP) is 6.24. The molecule has 0 spiro atoms. The van der Waals surface area contributed by atoms with Gasteiger partial charge in [0.05, 0.1) is 10.2 Å². The van der Waals surface area contributed by atoms with Gasteiger partial charge in [-0.3, -0.25) is 0 Å². The van der Waals surface area contributed by atoms with Gasteiger partial charge in [-0.05, 0) is 35.2 Å². The molecule has 26 heavy (non-hydrogen) atoms. The van der Waals surface area contributed by atoms with Crippen LogP contribution >= 0.6 is 11.3 Å². The molecule has 3 heteroatoms. The normalized spacial score (nSPS) is 11.9. The highest BCUT2D eigenvalue weighted by Gasteiger charge is 2.05. The van der Waals surface area contributed by atoms with Gasteiger partial charge in [0.2, 0.25) is 0 Å². The van der Waals surface area contributed by atoms with Gasteiger partial charge in [0.25, 0.3) is 0 Å². The van der Waals surface area contributed by atoms with Gasteiger partial charge in [0.15, 0.2) is 0 Å². The van der Waals surface area contributed by atoms with Crippen molar-refractivity contribution in [2.75, 3.05) is 19.0 Å². The molecule has 0 aliphatic heterocycles. The van der Waals surface area contributed by atoms with Crippen molar-refractivity contribution in [3.8, 4) is 0 Å². The number of allylic oxidation sites excluding steroid dienone is 2. The highest BCUT2D eigenvalue weighted by atomic mass is 32.1. The van der Waals surface area contributed by atoms with Crippen LogP contribution in [0.4, 0.5) is 5.69 Å². The monoisotopic (exact) mass is 356 g/mol. The first-order chi connectivity index (χ1) is 12.7. The topological polar surface area (TPSA) is 16.1 Å². The molecule has 4 aromatic rings. The number of hydrogen-bond donors (Lipinski definition) is 0. The van der Waals surface area contributed by atoms with E-state index in [1.54, 1.807) is 11.3 Å². The van der Waals surface area contributed by atoms with E-state index in [1.807, 2.05) is 0 Å². The molecule has 1 heterocycles. The highest BCUT2D eigenvalue weighted by molar-refractivity contribution is 7.19. The first kappa shape index (κ1) is 16.6. The first-order valence-corrected chi connectivity index (χ1v) is 9.43. The van der Waals surface area contributed by atoms with Crippen LogP contribution in [0.25, 0.3) is 33.1 Å². The molecule has 0 unspecified atom stereocenters. The van der Waals surface area contributed by atoms with Crippen molar-refractivity contribution in [2.45, 2.75) is 0 Å². The molecule has 0 radical (unpaired) electrons. The van der Waals surface area contributed by atoms with E-state index in [0.29, 0.717) is 0 Å². The molecule has 0 saturated heterocycles. The molecule has 3 aromatic carbocycles. The zero-order chi connectivity index (χ0) is 17.9. The summed E-state index contributed by atoms with van der Waals surface area (Å²) in [6, 6.07) is 21.3. The SMILES string of the molecule is CN(C)c1ccc(/C=C\C=C\c2nc3c(ccc4ccccc43)s2)cc1. The van der Waals surface area contributed by atoms with Crippen LogP contribution in [-0.4, -0.2) is 19.1 Å². The lowest BCUT2D eigenvalue weighted by atomic mass is 10.1. The largest absolute Gasteiger partial charge is 0.378 e. The van der Waals surface area contributed by atoms with E-state index in [-0.39, 0.29) is 0 Å². The molecular formula is C23H20N2S. The Kier molecular flexibility index (Phi) is 4.55. The van der Waals surface area contributed by atoms with Crippen LogP contribution in [0.2, 0.25) is 0 Å². The molecule has 0 aliphatic carbocycles. The summed E-state index contributed by atoms with van der Waals surface area (Å²) < 4.78 is 1.23. The molecule has 0 aliphatic rings. The van der Waals surface area contributed by atoms with Crippen LogP contribution in [0.3, 0.4) is 0 Å². The molecule has 0 amide bonds. The Morgan fingerprint density at radius 2 is 1.62 bits per heavy atom. The standard InChI is InChI=1S/C23H20N2S/c1-25(2)19-14-11-17(12-15-19)7-3-6-10-22-24-23-20-9-5-4-8-18(20)13-16-21(23)26-22/h3-16H,1-2H3/b7-3-,10-6+. The van der Waals surface area contributed by atoms with E-state index in [2.05, 4.69) is 104 Å². The Balaban J connectivity index is 1.54. The fraction of sp³-hybridized carbons (Fsp3) is 0.0870. The fourth-order valence-corrected chi connectivity index (χ4v) is 3.84. The van der Waals surface area contributed by atoms with Crippen LogP contribution in [0.15, 0.2) is 72.8 Å². The van der Waals surface area contributed by atoms with E-state index >= 15 is 0 Å². The number of thiazole rings is 1. The van der Waals surface area contributed by atoms with Gasteiger partial charge in [0, 0.05) is 25.2 Å². The van der Waals surface area contributed by atoms with Gasteiger partial charge in [-0.1, -0.05) is 60.7 Å². The molecule has 0 fully saturated rings. The summed E-state index contributed by atoms with van der Waals surface area (Å²) in [7, 11) is 4.10. The Morgan fingerprint density at radius 1 is 0.846 bits per heavy atom. The second kappa shape index (κ2) is 7.14. The van der Waals surface area contributed by atoms with Crippen LogP contribution in [-0.2, 0) is 0 Å². The molecule has 0 saturated carbocycles. The lowest BCUT2D eigenvalue weighted by Crippen LogP contribution is -2.07. The zero-order valence-corrected chi connectivity index (χ0v) is 15.7. The van der Waals surface area contributed by atoms with E-state index in [1.165, 1.54) is 26.7 Å². The molecule has 4 rings (SSSR count). The summed E-state index contributed by atoms with van der Waals surface area (Å²) in [5, 5.41) is 3.49. The van der Waals surface area contributed by atoms with Crippen LogP contribution < -0.4 is 4.90 Å². The van der Waals surface area contributed by atoms with Crippen molar-refractivity contribution in [1.82, 2.24) is 4.98 Å². The summed E-state index contributed by atoms with van der Waals surface area (Å²) in [6.45, 7) is 0. The molecule has 128 valence electrons. The third kappa shape index (κ3) is 3.39. The number of nitrogens with zero attached hydrogens (tertiary/aromatic N) is 2. The molecule has 0 atom stereocenters. The minimum Gasteiger partial charge on any atom is -0.378 e. The minimum atomic E-state index is 1.03. The summed E-state index contributed by atoms with van der Waals surface area (Å²) >= 11 is 1.73. The third-order valence-corrected chi connectivity index (χ3v) is 5.33. The van der Waals surface area contributed by atoms with Gasteiger partial charge in [-0.15, -0.1) is 11.3 Å². The average Bonchev–Trinajstić information content (AvgIpc) is 3.09. The first-order valence-electron chi connectivity index (χ1n) is 8.61. The number of fused-ring (bicyclic) bond motifs is 3. The fourth-order valence-electron chi connectivity index (χ4n) is 2.94. The van der Waals surface area contributed by atoms with Crippen molar-refractivity contribution < 1.29 is 0 Å². The van der Waals surface area contributed by atoms with Crippen LogP contribution in [0, 0.1) is 0 Å². The van der Waals surface area contributed by atoms with Gasteiger partial charge in [0.1, 0.15) is 5.01 Å². The summed E-state index contributed by atoms with van der Waals surface area (Å²) in [5.41, 5.74) is 3.49. The number of hydrogen-bond acceptors (Lipinski definition) is 3. The van der Waals surface area contributed by atoms with E-state index < -0.39 is 0 Å². The smallest absolute Gasteiger partial charge is 0.117 e. The van der Waals surface area contributed by atoms with Gasteiger partial charge in [-0.2, -0.15) is 0 Å². The Hall–Kier alpha value is -2.91. The van der Waals surface area contributed by atoms with Crippen LogP contribution in [0.5, 0.6) is 0 Å². The summed E-state index contributed by atoms with van der Waals surface area (Å²) in [4.78, 5) is 6.91. The Labute approximate surface area is 157 Å². The second-order valence-electron chi connectivity index (χ2n) is 6.39. The van der Waals surface area contributed by atoms with Crippen molar-refractivity contribution in [3.63, 3.8) is 0 Å². The van der Waals surface area contributed by atoms with Crippen molar-refractivity contribution in [1.29, 1.82) is 0 Å². The highest BCUT2D eigenvalue weighted by Crippen LogP contribution is 2.29. The van der Waals surface area contributed by atoms with E-state index in [9.17, 15) is 0 Å². The molecule has 0 N–H and O–H groups in total. The minimum absolute atomic E-state index is 1.03. The maximum Gasteiger partial charge on any atom is 0.117 e. The maximum atomic E-state index is 4.81. The lowest BCUT2D eigenvalue weighted by molar-refractivity contribution is 1.13. The van der Waals surface area contributed by atoms with E-state index in [0.717, 1.165) is 10.5 Å². The van der Waals surface area contributed by atoms with Gasteiger partial charge >= 0.3 is 0 Å². The Morgan fingerprint density at radius 3 is 2.42 bits per heavy atom. The predicted molar refractivity (Wildman–Crippen MR) is 116 cm³/mol. The zero-order valence-electron chi connectivity index (χ0n) is 14.9. The summed E-state index contributed by atoms with van der Waals surface area (Å²) in [6.07, 6.45) is 8.30. The van der Waals surface area contributed by atoms with Crippen LogP contribution in [0.1, 0.15) is 10.6 Å². The molecule has 0 bridgehead atoms. The molecule has 1 aromatic heterocycles. The molecule has 2 nitrogen and oxygen atoms in total. The lowest BCUT2D eigenvalue weighted by Gasteiger charge is -2.11. The Bertz CT molecular complexity index is 1100. The van der Waals surface area contributed by atoms with Crippen molar-refractivity contribution in [2.24, 2.45) is 0 Å². The third-order valence-electron chi connectivity index (χ3n) is 4.35. The number of anilines is 1. The second-order valence-corrected chi connectivity index (χ2v) is 7.45. The summed E-state index contributed by atoms with van der Waals surface area (Å²) in [5.74, 6) is 0. The number of aromatic nitrogens is 1. The number of benzene rings is 3. The van der Waals surface area contributed by atoms with Gasteiger partial charge < -0.3 is 4.90 Å². The van der Waals surface area contributed by atoms with E-state index in [4.69, 9.17) is 4.98 Å². The van der Waals surface area contributed by atoms with Crippen molar-refractivity contribution in [3.05, 3.63) is 83.4 Å². The van der Waals surface area contributed by atoms with Crippen molar-refractivity contribution >= 4 is 50.2 Å². The average molecular weight is 356 g/mol. The number of rotatable bonds is 4.